The van der Waals surface area contributed by atoms with Gasteiger partial charge in [-0.3, -0.25) is 0 Å². The summed E-state index contributed by atoms with van der Waals surface area (Å²) >= 11 is 3.14. The highest BCUT2D eigenvalue weighted by Crippen LogP contribution is 2.23. The van der Waals surface area contributed by atoms with Crippen molar-refractivity contribution in [2.24, 2.45) is 0 Å². The fraction of sp³-hybridized carbons (Fsp3) is 0.0714. The van der Waals surface area contributed by atoms with Gasteiger partial charge in [-0.25, -0.2) is 17.6 Å². The Hall–Kier alpha value is -1.73. The molecular formula is C14H10BrFO4S. The summed E-state index contributed by atoms with van der Waals surface area (Å²) in [6.07, 6.45) is 0. The van der Waals surface area contributed by atoms with E-state index in [1.807, 2.05) is 0 Å². The molecule has 2 rings (SSSR count). The van der Waals surface area contributed by atoms with Crippen molar-refractivity contribution in [2.45, 2.75) is 10.6 Å². The number of aromatic carboxylic acids is 1. The maximum Gasteiger partial charge on any atom is 0.337 e. The Morgan fingerprint density at radius 1 is 1.19 bits per heavy atom. The van der Waals surface area contributed by atoms with E-state index >= 15 is 0 Å². The largest absolute Gasteiger partial charge is 0.478 e. The highest BCUT2D eigenvalue weighted by Gasteiger charge is 2.23. The van der Waals surface area contributed by atoms with Crippen LogP contribution >= 0.6 is 15.9 Å². The maximum atomic E-state index is 13.7. The van der Waals surface area contributed by atoms with Crippen LogP contribution in [0, 0.1) is 5.82 Å². The number of carbonyl (C=O) groups is 1. The average molecular weight is 373 g/mol. The average Bonchev–Trinajstić information content (AvgIpc) is 2.42. The zero-order valence-corrected chi connectivity index (χ0v) is 13.0. The van der Waals surface area contributed by atoms with E-state index in [1.54, 1.807) is 0 Å². The molecule has 0 spiro atoms. The van der Waals surface area contributed by atoms with E-state index in [0.717, 1.165) is 6.07 Å². The lowest BCUT2D eigenvalue weighted by atomic mass is 10.2. The molecule has 0 atom stereocenters. The number of carboxylic acids is 1. The summed E-state index contributed by atoms with van der Waals surface area (Å²) in [4.78, 5) is 10.8. The minimum absolute atomic E-state index is 0.0235. The summed E-state index contributed by atoms with van der Waals surface area (Å²) in [6.45, 7) is 0. The molecule has 1 N–H and O–H groups in total. The standard InChI is InChI=1S/C14H10BrFO4S/c15-10-5-6-12(16)9(7-10)8-21(19,20)13-4-2-1-3-11(13)14(17)18/h1-7H,8H2,(H,17,18). The van der Waals surface area contributed by atoms with Gasteiger partial charge >= 0.3 is 5.97 Å². The first-order valence-corrected chi connectivity index (χ1v) is 8.25. The second-order valence-corrected chi connectivity index (χ2v) is 7.17. The van der Waals surface area contributed by atoms with Crippen LogP contribution in [0.3, 0.4) is 0 Å². The van der Waals surface area contributed by atoms with Gasteiger partial charge in [0.05, 0.1) is 16.2 Å². The molecule has 0 saturated heterocycles. The van der Waals surface area contributed by atoms with Crippen LogP contribution in [0.15, 0.2) is 51.8 Å². The molecule has 0 unspecified atom stereocenters. The first-order chi connectivity index (χ1) is 9.81. The quantitative estimate of drug-likeness (QED) is 0.893. The van der Waals surface area contributed by atoms with E-state index in [0.29, 0.717) is 4.47 Å². The number of hydrogen-bond acceptors (Lipinski definition) is 3. The second-order valence-electron chi connectivity index (χ2n) is 4.30. The predicted octanol–water partition coefficient (Wildman–Crippen LogP) is 3.26. The Morgan fingerprint density at radius 2 is 1.86 bits per heavy atom. The Morgan fingerprint density at radius 3 is 2.52 bits per heavy atom. The third-order valence-electron chi connectivity index (χ3n) is 2.81. The molecule has 2 aromatic carbocycles. The van der Waals surface area contributed by atoms with Gasteiger partial charge in [-0.2, -0.15) is 0 Å². The SMILES string of the molecule is O=C(O)c1ccccc1S(=O)(=O)Cc1cc(Br)ccc1F. The lowest BCUT2D eigenvalue weighted by Crippen LogP contribution is -2.12. The molecule has 2 aromatic rings. The number of rotatable bonds is 4. The van der Waals surface area contributed by atoms with Gasteiger partial charge < -0.3 is 5.11 Å². The van der Waals surface area contributed by atoms with Gasteiger partial charge in [0.15, 0.2) is 9.84 Å². The van der Waals surface area contributed by atoms with Crippen LogP contribution in [0.1, 0.15) is 15.9 Å². The van der Waals surface area contributed by atoms with Crippen LogP contribution in [-0.2, 0) is 15.6 Å². The zero-order chi connectivity index (χ0) is 15.6. The summed E-state index contributed by atoms with van der Waals surface area (Å²) in [5.74, 6) is -2.61. The molecular weight excluding hydrogens is 363 g/mol. The zero-order valence-electron chi connectivity index (χ0n) is 10.6. The van der Waals surface area contributed by atoms with E-state index in [4.69, 9.17) is 5.11 Å². The minimum Gasteiger partial charge on any atom is -0.478 e. The Bertz CT molecular complexity index is 802. The van der Waals surface area contributed by atoms with E-state index in [1.165, 1.54) is 36.4 Å². The first kappa shape index (κ1) is 15.7. The first-order valence-electron chi connectivity index (χ1n) is 5.80. The van der Waals surface area contributed by atoms with E-state index in [9.17, 15) is 17.6 Å². The fourth-order valence-electron chi connectivity index (χ4n) is 1.85. The number of hydrogen-bond donors (Lipinski definition) is 1. The Labute approximate surface area is 129 Å². The molecule has 0 heterocycles. The lowest BCUT2D eigenvalue weighted by molar-refractivity contribution is 0.0692. The Balaban J connectivity index is 2.49. The van der Waals surface area contributed by atoms with Crippen molar-refractivity contribution >= 4 is 31.7 Å². The summed E-state index contributed by atoms with van der Waals surface area (Å²) in [5.41, 5.74) is -0.350. The van der Waals surface area contributed by atoms with Crippen LogP contribution in [0.5, 0.6) is 0 Å². The van der Waals surface area contributed by atoms with Crippen molar-refractivity contribution in [2.75, 3.05) is 0 Å². The van der Waals surface area contributed by atoms with Crippen LogP contribution in [0.25, 0.3) is 0 Å². The Kier molecular flexibility index (Phi) is 4.43. The lowest BCUT2D eigenvalue weighted by Gasteiger charge is -2.09. The van der Waals surface area contributed by atoms with Gasteiger partial charge in [0.2, 0.25) is 0 Å². The van der Waals surface area contributed by atoms with Gasteiger partial charge in [0.25, 0.3) is 0 Å². The number of carboxylic acid groups (broad SMARTS) is 1. The molecule has 110 valence electrons. The van der Waals surface area contributed by atoms with Crippen molar-refractivity contribution in [1.82, 2.24) is 0 Å². The summed E-state index contributed by atoms with van der Waals surface area (Å²) in [5, 5.41) is 9.05. The van der Waals surface area contributed by atoms with Crippen molar-refractivity contribution in [3.05, 3.63) is 63.9 Å². The van der Waals surface area contributed by atoms with Gasteiger partial charge in [0, 0.05) is 10.0 Å². The highest BCUT2D eigenvalue weighted by atomic mass is 79.9. The van der Waals surface area contributed by atoms with Gasteiger partial charge in [-0.1, -0.05) is 28.1 Å². The fourth-order valence-corrected chi connectivity index (χ4v) is 3.82. The summed E-state index contributed by atoms with van der Waals surface area (Å²) in [6, 6.07) is 9.23. The maximum absolute atomic E-state index is 13.7. The molecule has 0 saturated carbocycles. The number of benzene rings is 2. The monoisotopic (exact) mass is 372 g/mol. The van der Waals surface area contributed by atoms with Gasteiger partial charge in [-0.05, 0) is 30.3 Å². The molecule has 0 aliphatic carbocycles. The van der Waals surface area contributed by atoms with Crippen LogP contribution in [-0.4, -0.2) is 19.5 Å². The van der Waals surface area contributed by atoms with Gasteiger partial charge in [0.1, 0.15) is 5.82 Å². The highest BCUT2D eigenvalue weighted by molar-refractivity contribution is 9.10. The second kappa shape index (κ2) is 5.95. The third-order valence-corrected chi connectivity index (χ3v) is 5.02. The molecule has 0 amide bonds. The smallest absolute Gasteiger partial charge is 0.337 e. The van der Waals surface area contributed by atoms with Gasteiger partial charge in [-0.15, -0.1) is 0 Å². The number of sulfone groups is 1. The summed E-state index contributed by atoms with van der Waals surface area (Å²) < 4.78 is 38.9. The normalized spacial score (nSPS) is 11.3. The molecule has 0 bridgehead atoms. The van der Waals surface area contributed by atoms with Crippen molar-refractivity contribution < 1.29 is 22.7 Å². The molecule has 0 fully saturated rings. The molecule has 0 aliphatic rings. The predicted molar refractivity (Wildman–Crippen MR) is 78.4 cm³/mol. The van der Waals surface area contributed by atoms with Crippen molar-refractivity contribution in [3.8, 4) is 0 Å². The van der Waals surface area contributed by atoms with Crippen molar-refractivity contribution in [1.29, 1.82) is 0 Å². The van der Waals surface area contributed by atoms with Crippen LogP contribution < -0.4 is 0 Å². The molecule has 7 heteroatoms. The van der Waals surface area contributed by atoms with Crippen molar-refractivity contribution in [3.63, 3.8) is 0 Å². The molecule has 21 heavy (non-hydrogen) atoms. The minimum atomic E-state index is -3.97. The molecule has 0 aliphatic heterocycles. The third kappa shape index (κ3) is 3.48. The van der Waals surface area contributed by atoms with E-state index in [-0.39, 0.29) is 16.0 Å². The number of halogens is 2. The summed E-state index contributed by atoms with van der Waals surface area (Å²) in [7, 11) is -3.97. The topological polar surface area (TPSA) is 71.4 Å². The molecule has 4 nitrogen and oxygen atoms in total. The van der Waals surface area contributed by atoms with E-state index < -0.39 is 27.4 Å². The van der Waals surface area contributed by atoms with Crippen LogP contribution in [0.2, 0.25) is 0 Å². The molecule has 0 radical (unpaired) electrons. The molecule has 0 aromatic heterocycles. The van der Waals surface area contributed by atoms with Crippen LogP contribution in [0.4, 0.5) is 4.39 Å². The van der Waals surface area contributed by atoms with E-state index in [2.05, 4.69) is 15.9 Å².